The lowest BCUT2D eigenvalue weighted by Crippen LogP contribution is -2.41. The second-order valence-corrected chi connectivity index (χ2v) is 5.28. The van der Waals surface area contributed by atoms with Gasteiger partial charge in [0.05, 0.1) is 12.2 Å². The molecule has 4 heteroatoms. The van der Waals surface area contributed by atoms with Crippen LogP contribution in [0.5, 0.6) is 0 Å². The van der Waals surface area contributed by atoms with Gasteiger partial charge in [-0.1, -0.05) is 12.5 Å². The topological polar surface area (TPSA) is 68.0 Å². The van der Waals surface area contributed by atoms with Gasteiger partial charge in [0.2, 0.25) is 5.91 Å². The first kappa shape index (κ1) is 13.0. The third kappa shape index (κ3) is 2.88. The molecular weight excluding hydrogens is 226 g/mol. The maximum atomic E-state index is 11.9. The van der Waals surface area contributed by atoms with Crippen LogP contribution in [0, 0.1) is 12.3 Å². The number of carbonyl (C=O) groups excluding carboxylic acids is 1. The summed E-state index contributed by atoms with van der Waals surface area (Å²) in [5.41, 5.74) is 7.87. The van der Waals surface area contributed by atoms with Gasteiger partial charge in [-0.2, -0.15) is 0 Å². The zero-order chi connectivity index (χ0) is 13.0. The molecule has 0 aromatic carbocycles. The number of amides is 1. The van der Waals surface area contributed by atoms with Gasteiger partial charge < -0.3 is 11.1 Å². The second-order valence-electron chi connectivity index (χ2n) is 5.28. The summed E-state index contributed by atoms with van der Waals surface area (Å²) >= 11 is 0. The van der Waals surface area contributed by atoms with E-state index in [-0.39, 0.29) is 11.3 Å². The van der Waals surface area contributed by atoms with E-state index >= 15 is 0 Å². The number of nitrogens with one attached hydrogen (secondary N) is 1. The van der Waals surface area contributed by atoms with Crippen molar-refractivity contribution in [2.75, 3.05) is 6.54 Å². The number of carbonyl (C=O) groups is 1. The van der Waals surface area contributed by atoms with Gasteiger partial charge in [-0.25, -0.2) is 0 Å². The Balaban J connectivity index is 1.83. The Morgan fingerprint density at radius 1 is 1.56 bits per heavy atom. The van der Waals surface area contributed by atoms with E-state index in [9.17, 15) is 4.79 Å². The highest BCUT2D eigenvalue weighted by molar-refractivity contribution is 5.76. The van der Waals surface area contributed by atoms with Gasteiger partial charge in [0, 0.05) is 12.6 Å². The van der Waals surface area contributed by atoms with Crippen molar-refractivity contribution < 1.29 is 4.79 Å². The molecule has 1 heterocycles. The summed E-state index contributed by atoms with van der Waals surface area (Å²) in [4.78, 5) is 16.2. The lowest BCUT2D eigenvalue weighted by molar-refractivity contribution is -0.124. The fraction of sp³-hybridized carbons (Fsp3) is 0.571. The Kier molecular flexibility index (Phi) is 3.97. The average molecular weight is 247 g/mol. The van der Waals surface area contributed by atoms with E-state index in [1.165, 1.54) is 6.42 Å². The minimum atomic E-state index is 0.0727. The van der Waals surface area contributed by atoms with E-state index < -0.39 is 0 Å². The van der Waals surface area contributed by atoms with Crippen LogP contribution in [-0.4, -0.2) is 17.4 Å². The largest absolute Gasteiger partial charge is 0.350 e. The van der Waals surface area contributed by atoms with E-state index in [1.54, 1.807) is 6.20 Å². The highest BCUT2D eigenvalue weighted by atomic mass is 16.1. The number of hydrogen-bond acceptors (Lipinski definition) is 3. The highest BCUT2D eigenvalue weighted by Gasteiger charge is 2.37. The molecule has 1 saturated carbocycles. The van der Waals surface area contributed by atoms with E-state index in [2.05, 4.69) is 10.3 Å². The Bertz CT molecular complexity index is 421. The predicted molar refractivity (Wildman–Crippen MR) is 70.8 cm³/mol. The predicted octanol–water partition coefficient (Wildman–Crippen LogP) is 1.53. The van der Waals surface area contributed by atoms with Gasteiger partial charge in [-0.05, 0) is 43.4 Å². The van der Waals surface area contributed by atoms with Crippen LogP contribution in [0.15, 0.2) is 18.3 Å². The van der Waals surface area contributed by atoms with Crippen LogP contribution in [-0.2, 0) is 11.3 Å². The zero-order valence-electron chi connectivity index (χ0n) is 10.9. The lowest BCUT2D eigenvalue weighted by atomic mass is 9.66. The van der Waals surface area contributed by atoms with Crippen molar-refractivity contribution in [1.29, 1.82) is 0 Å². The van der Waals surface area contributed by atoms with Crippen molar-refractivity contribution in [3.63, 3.8) is 0 Å². The smallest absolute Gasteiger partial charge is 0.220 e. The third-order valence-corrected chi connectivity index (χ3v) is 3.95. The minimum Gasteiger partial charge on any atom is -0.350 e. The van der Waals surface area contributed by atoms with Gasteiger partial charge in [0.25, 0.3) is 0 Å². The van der Waals surface area contributed by atoms with E-state index in [0.29, 0.717) is 19.5 Å². The number of aromatic nitrogens is 1. The van der Waals surface area contributed by atoms with Crippen LogP contribution in [0.2, 0.25) is 0 Å². The molecule has 3 N–H and O–H groups in total. The Morgan fingerprint density at radius 2 is 2.33 bits per heavy atom. The van der Waals surface area contributed by atoms with Crippen molar-refractivity contribution in [3.8, 4) is 0 Å². The van der Waals surface area contributed by atoms with Gasteiger partial charge in [-0.3, -0.25) is 9.78 Å². The molecule has 18 heavy (non-hydrogen) atoms. The monoisotopic (exact) mass is 247 g/mol. The molecule has 0 bridgehead atoms. The van der Waals surface area contributed by atoms with Gasteiger partial charge in [0.1, 0.15) is 0 Å². The molecule has 0 saturated heterocycles. The van der Waals surface area contributed by atoms with Crippen LogP contribution in [0.3, 0.4) is 0 Å². The first-order valence-corrected chi connectivity index (χ1v) is 6.52. The first-order valence-electron chi connectivity index (χ1n) is 6.52. The van der Waals surface area contributed by atoms with Crippen molar-refractivity contribution in [2.45, 2.75) is 39.2 Å². The van der Waals surface area contributed by atoms with Crippen molar-refractivity contribution in [3.05, 3.63) is 29.6 Å². The average Bonchev–Trinajstić information content (AvgIpc) is 2.33. The van der Waals surface area contributed by atoms with Gasteiger partial charge in [-0.15, -0.1) is 0 Å². The molecule has 0 unspecified atom stereocenters. The van der Waals surface area contributed by atoms with Crippen molar-refractivity contribution in [1.82, 2.24) is 10.3 Å². The van der Waals surface area contributed by atoms with Crippen LogP contribution in [0.25, 0.3) is 0 Å². The van der Waals surface area contributed by atoms with E-state index in [4.69, 9.17) is 5.73 Å². The molecule has 0 radical (unpaired) electrons. The van der Waals surface area contributed by atoms with Crippen LogP contribution in [0.1, 0.15) is 36.9 Å². The summed E-state index contributed by atoms with van der Waals surface area (Å²) < 4.78 is 0. The molecule has 1 amide bonds. The van der Waals surface area contributed by atoms with Crippen molar-refractivity contribution in [2.24, 2.45) is 11.1 Å². The van der Waals surface area contributed by atoms with Crippen LogP contribution >= 0.6 is 0 Å². The third-order valence-electron chi connectivity index (χ3n) is 3.95. The number of aryl methyl sites for hydroxylation is 1. The summed E-state index contributed by atoms with van der Waals surface area (Å²) in [7, 11) is 0. The Morgan fingerprint density at radius 3 is 2.89 bits per heavy atom. The SMILES string of the molecule is Cc1cccnc1CNC(=O)CC1(CN)CCC1. The van der Waals surface area contributed by atoms with Crippen LogP contribution < -0.4 is 11.1 Å². The fourth-order valence-corrected chi connectivity index (χ4v) is 2.42. The Hall–Kier alpha value is -1.42. The summed E-state index contributed by atoms with van der Waals surface area (Å²) in [5, 5.41) is 2.94. The summed E-state index contributed by atoms with van der Waals surface area (Å²) in [6, 6.07) is 3.90. The second kappa shape index (κ2) is 5.48. The quantitative estimate of drug-likeness (QED) is 0.829. The minimum absolute atomic E-state index is 0.0727. The van der Waals surface area contributed by atoms with E-state index in [0.717, 1.165) is 24.1 Å². The maximum absolute atomic E-state index is 11.9. The first-order chi connectivity index (χ1) is 8.65. The van der Waals surface area contributed by atoms with E-state index in [1.807, 2.05) is 19.1 Å². The molecule has 1 fully saturated rings. The number of nitrogens with zero attached hydrogens (tertiary/aromatic N) is 1. The molecule has 0 aliphatic heterocycles. The molecule has 1 aromatic rings. The summed E-state index contributed by atoms with van der Waals surface area (Å²) in [5.74, 6) is 0.0882. The molecule has 0 spiro atoms. The maximum Gasteiger partial charge on any atom is 0.220 e. The molecule has 0 atom stereocenters. The van der Waals surface area contributed by atoms with Crippen LogP contribution in [0.4, 0.5) is 0 Å². The molecule has 1 aromatic heterocycles. The lowest BCUT2D eigenvalue weighted by Gasteiger charge is -2.40. The highest BCUT2D eigenvalue weighted by Crippen LogP contribution is 2.42. The van der Waals surface area contributed by atoms with Gasteiger partial charge in [0.15, 0.2) is 0 Å². The molecule has 1 aliphatic rings. The molecule has 98 valence electrons. The Labute approximate surface area is 108 Å². The number of pyridine rings is 1. The summed E-state index contributed by atoms with van der Waals surface area (Å²) in [6.07, 6.45) is 5.67. The van der Waals surface area contributed by atoms with Gasteiger partial charge >= 0.3 is 0 Å². The number of rotatable bonds is 5. The molecular formula is C14H21N3O. The normalized spacial score (nSPS) is 17.0. The number of nitrogens with two attached hydrogens (primary N) is 1. The molecule has 1 aliphatic carbocycles. The molecule has 4 nitrogen and oxygen atoms in total. The number of hydrogen-bond donors (Lipinski definition) is 2. The molecule has 2 rings (SSSR count). The summed E-state index contributed by atoms with van der Waals surface area (Å²) in [6.45, 7) is 3.12. The fourth-order valence-electron chi connectivity index (χ4n) is 2.42. The van der Waals surface area contributed by atoms with Crippen molar-refractivity contribution >= 4 is 5.91 Å². The zero-order valence-corrected chi connectivity index (χ0v) is 10.9. The standard InChI is InChI=1S/C14H21N3O/c1-11-4-2-7-16-12(11)9-17-13(18)8-14(10-15)5-3-6-14/h2,4,7H,3,5-6,8-10,15H2,1H3,(H,17,18).